The highest BCUT2D eigenvalue weighted by Gasteiger charge is 2.14. The minimum Gasteiger partial charge on any atom is -0.478 e. The molecule has 2 aromatic rings. The largest absolute Gasteiger partial charge is 0.478 e. The highest BCUT2D eigenvalue weighted by Crippen LogP contribution is 2.26. The van der Waals surface area contributed by atoms with Crippen molar-refractivity contribution in [3.05, 3.63) is 65.0 Å². The lowest BCUT2D eigenvalue weighted by molar-refractivity contribution is -0.130. The Bertz CT molecular complexity index is 690. The van der Waals surface area contributed by atoms with E-state index in [1.165, 1.54) is 24.0 Å². The van der Waals surface area contributed by atoms with Crippen molar-refractivity contribution < 1.29 is 9.90 Å². The number of aryl methyl sites for hydroxylation is 2. The molecule has 106 valence electrons. The maximum absolute atomic E-state index is 11.6. The normalized spacial score (nSPS) is 14.6. The molecule has 0 amide bonds. The van der Waals surface area contributed by atoms with Crippen molar-refractivity contribution in [2.45, 2.75) is 25.7 Å². The van der Waals surface area contributed by atoms with Crippen LogP contribution in [0.2, 0.25) is 0 Å². The molecule has 1 N–H and O–H groups in total. The fourth-order valence-electron chi connectivity index (χ4n) is 2.80. The first-order valence-electron chi connectivity index (χ1n) is 7.21. The van der Waals surface area contributed by atoms with E-state index in [-0.39, 0.29) is 0 Å². The molecule has 3 rings (SSSR count). The van der Waals surface area contributed by atoms with Gasteiger partial charge in [-0.15, -0.1) is 0 Å². The number of hydrogen-bond donors (Lipinski definition) is 1. The van der Waals surface area contributed by atoms with Gasteiger partial charge in [-0.3, -0.25) is 4.98 Å². The van der Waals surface area contributed by atoms with E-state index in [2.05, 4.69) is 11.1 Å². The van der Waals surface area contributed by atoms with Crippen LogP contribution < -0.4 is 0 Å². The van der Waals surface area contributed by atoms with Crippen molar-refractivity contribution in [2.24, 2.45) is 0 Å². The zero-order chi connectivity index (χ0) is 14.7. The minimum atomic E-state index is -0.900. The predicted octanol–water partition coefficient (Wildman–Crippen LogP) is 3.59. The summed E-state index contributed by atoms with van der Waals surface area (Å²) in [7, 11) is 0. The smallest absolute Gasteiger partial charge is 0.336 e. The predicted molar refractivity (Wildman–Crippen MR) is 82.8 cm³/mol. The number of hydrogen-bond acceptors (Lipinski definition) is 2. The molecule has 0 bridgehead atoms. The van der Waals surface area contributed by atoms with Crippen molar-refractivity contribution in [2.75, 3.05) is 0 Å². The average Bonchev–Trinajstić information content (AvgIpc) is 2.53. The molecule has 1 aromatic carbocycles. The van der Waals surface area contributed by atoms with Gasteiger partial charge in [0.05, 0.1) is 5.57 Å². The Morgan fingerprint density at radius 3 is 2.48 bits per heavy atom. The molecule has 0 aliphatic heterocycles. The molecule has 0 radical (unpaired) electrons. The van der Waals surface area contributed by atoms with E-state index >= 15 is 0 Å². The van der Waals surface area contributed by atoms with Gasteiger partial charge in [-0.05, 0) is 66.1 Å². The molecule has 0 saturated heterocycles. The molecule has 0 atom stereocenters. The summed E-state index contributed by atoms with van der Waals surface area (Å²) in [6, 6.07) is 9.65. The lowest BCUT2D eigenvalue weighted by Crippen LogP contribution is -2.05. The zero-order valence-corrected chi connectivity index (χ0v) is 11.7. The van der Waals surface area contributed by atoms with Gasteiger partial charge in [0.2, 0.25) is 0 Å². The summed E-state index contributed by atoms with van der Waals surface area (Å²) in [6.07, 6.45) is 9.60. The number of carboxylic acid groups (broad SMARTS) is 1. The number of carboxylic acids is 1. The zero-order valence-electron chi connectivity index (χ0n) is 11.7. The number of pyridine rings is 1. The second kappa shape index (κ2) is 5.92. The SMILES string of the molecule is O=C(O)/C(=C\c1ccncc1)c1ccc2c(c1)CCCC2. The first kappa shape index (κ1) is 13.6. The van der Waals surface area contributed by atoms with Gasteiger partial charge in [0.15, 0.2) is 0 Å². The van der Waals surface area contributed by atoms with Crippen molar-refractivity contribution in [3.8, 4) is 0 Å². The quantitative estimate of drug-likeness (QED) is 0.874. The highest BCUT2D eigenvalue weighted by atomic mass is 16.4. The third-order valence-electron chi connectivity index (χ3n) is 3.91. The lowest BCUT2D eigenvalue weighted by atomic mass is 9.89. The van der Waals surface area contributed by atoms with Crippen LogP contribution in [0.5, 0.6) is 0 Å². The van der Waals surface area contributed by atoms with Gasteiger partial charge in [0, 0.05) is 12.4 Å². The topological polar surface area (TPSA) is 50.2 Å². The maximum atomic E-state index is 11.6. The Labute approximate surface area is 124 Å². The molecule has 3 nitrogen and oxygen atoms in total. The summed E-state index contributed by atoms with van der Waals surface area (Å²) in [4.78, 5) is 15.5. The third kappa shape index (κ3) is 3.02. The van der Waals surface area contributed by atoms with Gasteiger partial charge in [-0.2, -0.15) is 0 Å². The summed E-state index contributed by atoms with van der Waals surface area (Å²) in [5, 5.41) is 9.51. The van der Waals surface area contributed by atoms with Gasteiger partial charge in [-0.1, -0.05) is 18.2 Å². The van der Waals surface area contributed by atoms with Crippen LogP contribution in [0.4, 0.5) is 0 Å². The van der Waals surface area contributed by atoms with Gasteiger partial charge in [-0.25, -0.2) is 4.79 Å². The Kier molecular flexibility index (Phi) is 3.82. The molecule has 21 heavy (non-hydrogen) atoms. The summed E-state index contributed by atoms with van der Waals surface area (Å²) >= 11 is 0. The van der Waals surface area contributed by atoms with Gasteiger partial charge in [0.1, 0.15) is 0 Å². The number of benzene rings is 1. The minimum absolute atomic E-state index is 0.328. The molecule has 0 spiro atoms. The number of rotatable bonds is 3. The molecule has 1 aliphatic rings. The van der Waals surface area contributed by atoms with Crippen LogP contribution >= 0.6 is 0 Å². The van der Waals surface area contributed by atoms with Crippen molar-refractivity contribution in [1.82, 2.24) is 4.98 Å². The van der Waals surface area contributed by atoms with E-state index in [0.29, 0.717) is 5.57 Å². The molecule has 1 heterocycles. The molecular weight excluding hydrogens is 262 g/mol. The van der Waals surface area contributed by atoms with E-state index < -0.39 is 5.97 Å². The fraction of sp³-hybridized carbons (Fsp3) is 0.222. The number of fused-ring (bicyclic) bond motifs is 1. The maximum Gasteiger partial charge on any atom is 0.336 e. The second-order valence-corrected chi connectivity index (χ2v) is 5.33. The Balaban J connectivity index is 2.02. The summed E-state index contributed by atoms with van der Waals surface area (Å²) < 4.78 is 0. The summed E-state index contributed by atoms with van der Waals surface area (Å²) in [6.45, 7) is 0. The summed E-state index contributed by atoms with van der Waals surface area (Å²) in [5.41, 5.74) is 4.61. The Morgan fingerprint density at radius 2 is 1.76 bits per heavy atom. The number of aromatic nitrogens is 1. The van der Waals surface area contributed by atoms with Crippen LogP contribution in [0, 0.1) is 0 Å². The molecule has 0 unspecified atom stereocenters. The molecule has 3 heteroatoms. The third-order valence-corrected chi connectivity index (χ3v) is 3.91. The van der Waals surface area contributed by atoms with Crippen molar-refractivity contribution >= 4 is 17.6 Å². The van der Waals surface area contributed by atoms with Crippen LogP contribution in [0.3, 0.4) is 0 Å². The molecule has 0 fully saturated rings. The number of nitrogens with zero attached hydrogens (tertiary/aromatic N) is 1. The van der Waals surface area contributed by atoms with Crippen LogP contribution in [0.1, 0.15) is 35.1 Å². The van der Waals surface area contributed by atoms with E-state index in [1.807, 2.05) is 12.1 Å². The monoisotopic (exact) mass is 279 g/mol. The molecule has 1 aromatic heterocycles. The second-order valence-electron chi connectivity index (χ2n) is 5.33. The van der Waals surface area contributed by atoms with Gasteiger partial charge in [0.25, 0.3) is 0 Å². The Morgan fingerprint density at radius 1 is 1.05 bits per heavy atom. The summed E-state index contributed by atoms with van der Waals surface area (Å²) in [5.74, 6) is -0.900. The van der Waals surface area contributed by atoms with Gasteiger partial charge < -0.3 is 5.11 Å². The van der Waals surface area contributed by atoms with Crippen molar-refractivity contribution in [3.63, 3.8) is 0 Å². The molecule has 0 saturated carbocycles. The van der Waals surface area contributed by atoms with E-state index in [4.69, 9.17) is 0 Å². The van der Waals surface area contributed by atoms with Gasteiger partial charge >= 0.3 is 5.97 Å². The van der Waals surface area contributed by atoms with Crippen LogP contribution in [0.15, 0.2) is 42.7 Å². The molecule has 1 aliphatic carbocycles. The first-order chi connectivity index (χ1) is 10.2. The fourth-order valence-corrected chi connectivity index (χ4v) is 2.80. The van der Waals surface area contributed by atoms with Crippen LogP contribution in [0.25, 0.3) is 11.6 Å². The Hall–Kier alpha value is -2.42. The van der Waals surface area contributed by atoms with Crippen molar-refractivity contribution in [1.29, 1.82) is 0 Å². The molecular formula is C18H17NO2. The first-order valence-corrected chi connectivity index (χ1v) is 7.21. The van der Waals surface area contributed by atoms with E-state index in [9.17, 15) is 9.90 Å². The average molecular weight is 279 g/mol. The van der Waals surface area contributed by atoms with E-state index in [0.717, 1.165) is 24.0 Å². The lowest BCUT2D eigenvalue weighted by Gasteiger charge is -2.16. The number of aliphatic carboxylic acids is 1. The number of carbonyl (C=O) groups is 1. The van der Waals surface area contributed by atoms with Crippen LogP contribution in [-0.2, 0) is 17.6 Å². The standard InChI is InChI=1S/C18H17NO2/c20-18(21)17(11-13-7-9-19-10-8-13)16-6-5-14-3-1-2-4-15(14)12-16/h5-12H,1-4H2,(H,20,21)/b17-11-. The van der Waals surface area contributed by atoms with E-state index in [1.54, 1.807) is 30.6 Å². The van der Waals surface area contributed by atoms with Crippen LogP contribution in [-0.4, -0.2) is 16.1 Å². The highest BCUT2D eigenvalue weighted by molar-refractivity contribution is 6.20.